The molecular weight excluding hydrogens is 376 g/mol. The number of fused-ring (bicyclic) bond motifs is 1. The van der Waals surface area contributed by atoms with Gasteiger partial charge in [0, 0.05) is 18.5 Å². The highest BCUT2D eigenvalue weighted by molar-refractivity contribution is 7.98. The number of aromatic amines is 1. The number of carbonyl (C=O) groups excluding carboxylic acids is 1. The molecule has 0 fully saturated rings. The van der Waals surface area contributed by atoms with Gasteiger partial charge in [0.1, 0.15) is 5.82 Å². The molecule has 0 atom stereocenters. The zero-order valence-corrected chi connectivity index (χ0v) is 16.0. The Labute approximate surface area is 165 Å². The van der Waals surface area contributed by atoms with Crippen molar-refractivity contribution in [3.63, 3.8) is 0 Å². The molecule has 4 aromatic rings. The number of hydrogen-bond donors (Lipinski definition) is 2. The van der Waals surface area contributed by atoms with Gasteiger partial charge in [0.15, 0.2) is 5.82 Å². The van der Waals surface area contributed by atoms with Gasteiger partial charge in [-0.15, -0.1) is 5.10 Å². The molecular formula is C19H18N6O2S. The topological polar surface area (TPSA) is 110 Å². The molecule has 0 spiro atoms. The molecule has 0 saturated carbocycles. The molecule has 2 N–H and O–H groups in total. The molecule has 0 saturated heterocycles. The summed E-state index contributed by atoms with van der Waals surface area (Å²) in [6.07, 6.45) is 0.651. The lowest BCUT2D eigenvalue weighted by molar-refractivity contribution is -0.116. The minimum Gasteiger partial charge on any atom is -0.339 e. The van der Waals surface area contributed by atoms with Crippen molar-refractivity contribution in [1.29, 1.82) is 0 Å². The van der Waals surface area contributed by atoms with Crippen molar-refractivity contribution in [3.8, 4) is 0 Å². The van der Waals surface area contributed by atoms with Gasteiger partial charge in [0.05, 0.1) is 5.75 Å². The zero-order valence-electron chi connectivity index (χ0n) is 15.2. The van der Waals surface area contributed by atoms with Gasteiger partial charge in [-0.1, -0.05) is 47.3 Å². The fourth-order valence-corrected chi connectivity index (χ4v) is 3.36. The van der Waals surface area contributed by atoms with Gasteiger partial charge in [-0.3, -0.25) is 9.89 Å². The van der Waals surface area contributed by atoms with Crippen LogP contribution in [0.15, 0.2) is 52.1 Å². The summed E-state index contributed by atoms with van der Waals surface area (Å²) in [5, 5.41) is 16.5. The first kappa shape index (κ1) is 18.2. The Hall–Kier alpha value is -3.20. The number of nitrogens with zero attached hydrogens (tertiary/aromatic N) is 4. The first-order chi connectivity index (χ1) is 13.7. The maximum atomic E-state index is 12.2. The highest BCUT2D eigenvalue weighted by atomic mass is 32.2. The maximum Gasteiger partial charge on any atom is 0.227 e. The van der Waals surface area contributed by atoms with E-state index in [1.807, 2.05) is 49.4 Å². The number of thioether (sulfide) groups is 1. The number of aromatic nitrogens is 5. The van der Waals surface area contributed by atoms with Crippen LogP contribution in [0, 0.1) is 6.92 Å². The molecule has 1 amide bonds. The molecule has 2 aromatic carbocycles. The van der Waals surface area contributed by atoms with E-state index in [0.29, 0.717) is 29.0 Å². The summed E-state index contributed by atoms with van der Waals surface area (Å²) in [4.78, 5) is 20.7. The van der Waals surface area contributed by atoms with Gasteiger partial charge < -0.3 is 9.84 Å². The number of aryl methyl sites for hydroxylation is 2. The Balaban J connectivity index is 1.27. The smallest absolute Gasteiger partial charge is 0.227 e. The largest absolute Gasteiger partial charge is 0.339 e. The molecule has 2 aromatic heterocycles. The summed E-state index contributed by atoms with van der Waals surface area (Å²) in [7, 11) is 0. The van der Waals surface area contributed by atoms with Crippen LogP contribution < -0.4 is 5.32 Å². The van der Waals surface area contributed by atoms with Crippen molar-refractivity contribution in [3.05, 3.63) is 60.0 Å². The zero-order chi connectivity index (χ0) is 19.3. The lowest BCUT2D eigenvalue weighted by atomic mass is 10.1. The number of rotatable bonds is 7. The summed E-state index contributed by atoms with van der Waals surface area (Å²) in [6, 6.07) is 13.9. The second-order valence-electron chi connectivity index (χ2n) is 6.21. The van der Waals surface area contributed by atoms with Crippen LogP contribution in [0.1, 0.15) is 24.0 Å². The van der Waals surface area contributed by atoms with Gasteiger partial charge >= 0.3 is 0 Å². The predicted molar refractivity (Wildman–Crippen MR) is 106 cm³/mol. The number of benzene rings is 2. The number of carbonyl (C=O) groups is 1. The predicted octanol–water partition coefficient (Wildman–Crippen LogP) is 3.51. The molecule has 0 aliphatic heterocycles. The quantitative estimate of drug-likeness (QED) is 0.462. The molecule has 142 valence electrons. The fraction of sp³-hybridized carbons (Fsp3) is 0.211. The average Bonchev–Trinajstić information content (AvgIpc) is 3.33. The minimum absolute atomic E-state index is 0.0967. The first-order valence-electron chi connectivity index (χ1n) is 8.77. The third-order valence-corrected chi connectivity index (χ3v) is 4.86. The Morgan fingerprint density at radius 3 is 2.86 bits per heavy atom. The molecule has 0 radical (unpaired) electrons. The summed E-state index contributed by atoms with van der Waals surface area (Å²) < 4.78 is 5.21. The third kappa shape index (κ3) is 4.55. The number of hydrogen-bond acceptors (Lipinski definition) is 7. The van der Waals surface area contributed by atoms with Gasteiger partial charge in [-0.2, -0.15) is 4.98 Å². The Bertz CT molecular complexity index is 1110. The molecule has 2 heterocycles. The molecule has 0 aliphatic rings. The molecule has 0 unspecified atom stereocenters. The van der Waals surface area contributed by atoms with Crippen LogP contribution >= 0.6 is 11.8 Å². The third-order valence-electron chi connectivity index (χ3n) is 4.02. The normalized spacial score (nSPS) is 11.0. The lowest BCUT2D eigenvalue weighted by Crippen LogP contribution is -2.12. The summed E-state index contributed by atoms with van der Waals surface area (Å²) >= 11 is 1.42. The summed E-state index contributed by atoms with van der Waals surface area (Å²) in [5.41, 5.74) is 0.771. The number of amides is 1. The first-order valence-corrected chi connectivity index (χ1v) is 9.76. The number of H-pyrrole nitrogens is 1. The van der Waals surface area contributed by atoms with Crippen LogP contribution in [0.2, 0.25) is 0 Å². The van der Waals surface area contributed by atoms with Gasteiger partial charge in [0.2, 0.25) is 17.0 Å². The van der Waals surface area contributed by atoms with E-state index >= 15 is 0 Å². The van der Waals surface area contributed by atoms with Crippen molar-refractivity contribution in [2.24, 2.45) is 0 Å². The van der Waals surface area contributed by atoms with E-state index in [2.05, 4.69) is 30.6 Å². The molecule has 9 heteroatoms. The van der Waals surface area contributed by atoms with Crippen LogP contribution in [0.5, 0.6) is 0 Å². The standard InChI is InChI=1S/C19H18N6O2S/c1-12-20-19(24-23-12)28-11-16-22-18(27-25-16)9-8-17(26)21-15-7-6-13-4-2-3-5-14(13)10-15/h2-7,10H,8-9,11H2,1H3,(H,21,26)(H,20,23,24). The lowest BCUT2D eigenvalue weighted by Gasteiger charge is -2.05. The Kier molecular flexibility index (Phi) is 5.34. The summed E-state index contributed by atoms with van der Waals surface area (Å²) in [5.74, 6) is 2.16. The van der Waals surface area contributed by atoms with Crippen LogP contribution in [0.3, 0.4) is 0 Å². The second kappa shape index (κ2) is 8.22. The van der Waals surface area contributed by atoms with Crippen LogP contribution in [0.4, 0.5) is 5.69 Å². The number of anilines is 1. The van der Waals surface area contributed by atoms with Crippen molar-refractivity contribution >= 4 is 34.1 Å². The maximum absolute atomic E-state index is 12.2. The van der Waals surface area contributed by atoms with Crippen molar-refractivity contribution in [1.82, 2.24) is 25.3 Å². The van der Waals surface area contributed by atoms with Crippen molar-refractivity contribution in [2.45, 2.75) is 30.7 Å². The SMILES string of the molecule is Cc1nc(SCc2noc(CCC(=O)Nc3ccc4ccccc4c3)n2)n[nH]1. The highest BCUT2D eigenvalue weighted by Gasteiger charge is 2.11. The van der Waals surface area contributed by atoms with E-state index in [9.17, 15) is 4.79 Å². The number of nitrogens with one attached hydrogen (secondary N) is 2. The van der Waals surface area contributed by atoms with Crippen LogP contribution in [-0.2, 0) is 17.0 Å². The minimum atomic E-state index is -0.0967. The van der Waals surface area contributed by atoms with E-state index in [0.717, 1.165) is 22.3 Å². The van der Waals surface area contributed by atoms with E-state index < -0.39 is 0 Å². The Morgan fingerprint density at radius 2 is 2.04 bits per heavy atom. The van der Waals surface area contributed by atoms with E-state index in [1.165, 1.54) is 11.8 Å². The highest BCUT2D eigenvalue weighted by Crippen LogP contribution is 2.19. The molecule has 4 rings (SSSR count). The van der Waals surface area contributed by atoms with Gasteiger partial charge in [0.25, 0.3) is 0 Å². The van der Waals surface area contributed by atoms with Crippen molar-refractivity contribution < 1.29 is 9.32 Å². The fourth-order valence-electron chi connectivity index (χ4n) is 2.68. The monoisotopic (exact) mass is 394 g/mol. The second-order valence-corrected chi connectivity index (χ2v) is 7.15. The van der Waals surface area contributed by atoms with E-state index in [1.54, 1.807) is 0 Å². The average molecular weight is 394 g/mol. The Morgan fingerprint density at radius 1 is 1.18 bits per heavy atom. The summed E-state index contributed by atoms with van der Waals surface area (Å²) in [6.45, 7) is 1.84. The van der Waals surface area contributed by atoms with Crippen LogP contribution in [0.25, 0.3) is 10.8 Å². The van der Waals surface area contributed by atoms with Gasteiger partial charge in [-0.25, -0.2) is 4.98 Å². The molecule has 28 heavy (non-hydrogen) atoms. The molecule has 8 nitrogen and oxygen atoms in total. The van der Waals surface area contributed by atoms with Crippen molar-refractivity contribution in [2.75, 3.05) is 5.32 Å². The van der Waals surface area contributed by atoms with E-state index in [-0.39, 0.29) is 12.3 Å². The molecule has 0 bridgehead atoms. The molecule has 0 aliphatic carbocycles. The van der Waals surface area contributed by atoms with Gasteiger partial charge in [-0.05, 0) is 29.8 Å². The van der Waals surface area contributed by atoms with Crippen LogP contribution in [-0.4, -0.2) is 31.2 Å². The van der Waals surface area contributed by atoms with E-state index in [4.69, 9.17) is 4.52 Å².